The third-order valence-corrected chi connectivity index (χ3v) is 3.75. The fraction of sp³-hybridized carbons (Fsp3) is 0.500. The Kier molecular flexibility index (Phi) is 3.22. The molecule has 0 amide bonds. The normalized spacial score (nSPS) is 11.8. The van der Waals surface area contributed by atoms with Gasteiger partial charge in [0.05, 0.1) is 11.4 Å². The molecule has 1 aromatic heterocycles. The Morgan fingerprint density at radius 2 is 2.12 bits per heavy atom. The lowest BCUT2D eigenvalue weighted by Gasteiger charge is -2.11. The molecule has 7 nitrogen and oxygen atoms in total. The van der Waals surface area contributed by atoms with Crippen LogP contribution in [0.5, 0.6) is 0 Å². The quantitative estimate of drug-likeness (QED) is 0.795. The van der Waals surface area contributed by atoms with Gasteiger partial charge in [0.15, 0.2) is 5.82 Å². The summed E-state index contributed by atoms with van der Waals surface area (Å²) in [5.41, 5.74) is -0.174. The minimum absolute atomic E-state index is 0.0406. The van der Waals surface area contributed by atoms with Crippen LogP contribution < -0.4 is 4.72 Å². The third-order valence-electron chi connectivity index (χ3n) is 2.03. The van der Waals surface area contributed by atoms with E-state index in [1.54, 1.807) is 0 Å². The lowest BCUT2D eigenvalue weighted by atomic mass is 10.3. The number of aromatic carboxylic acids is 1. The first-order valence-electron chi connectivity index (χ1n) is 4.52. The third kappa shape index (κ3) is 2.32. The van der Waals surface area contributed by atoms with Gasteiger partial charge < -0.3 is 5.11 Å². The highest BCUT2D eigenvalue weighted by atomic mass is 32.2. The van der Waals surface area contributed by atoms with Gasteiger partial charge in [-0.05, 0) is 13.8 Å². The van der Waals surface area contributed by atoms with E-state index in [1.807, 2.05) is 0 Å². The average molecular weight is 247 g/mol. The van der Waals surface area contributed by atoms with E-state index < -0.39 is 21.2 Å². The molecule has 0 saturated heterocycles. The van der Waals surface area contributed by atoms with Gasteiger partial charge in [0.25, 0.3) is 0 Å². The van der Waals surface area contributed by atoms with Crippen LogP contribution in [0, 0.1) is 0 Å². The van der Waals surface area contributed by atoms with Crippen LogP contribution in [0.15, 0.2) is 6.20 Å². The fourth-order valence-electron chi connectivity index (χ4n) is 0.968. The monoisotopic (exact) mass is 247 g/mol. The van der Waals surface area contributed by atoms with Crippen molar-refractivity contribution in [3.8, 4) is 0 Å². The molecule has 1 rings (SSSR count). The molecule has 16 heavy (non-hydrogen) atoms. The summed E-state index contributed by atoms with van der Waals surface area (Å²) < 4.78 is 26.5. The molecular formula is C8H13N3O4S. The van der Waals surface area contributed by atoms with Crippen LogP contribution in [0.3, 0.4) is 0 Å². The zero-order valence-electron chi connectivity index (χ0n) is 9.13. The molecule has 2 N–H and O–H groups in total. The molecule has 0 aliphatic carbocycles. The SMILES string of the molecule is CC(C)S(=O)(=O)Nc1c(C(=O)O)cnn1C. The number of sulfonamides is 1. The predicted octanol–water partition coefficient (Wildman–Crippen LogP) is 0.268. The van der Waals surface area contributed by atoms with Crippen LogP contribution in [-0.4, -0.2) is 34.5 Å². The summed E-state index contributed by atoms with van der Waals surface area (Å²) >= 11 is 0. The van der Waals surface area contributed by atoms with Crippen molar-refractivity contribution in [2.75, 3.05) is 4.72 Å². The van der Waals surface area contributed by atoms with Crippen molar-refractivity contribution in [2.24, 2.45) is 7.05 Å². The second-order valence-electron chi connectivity index (χ2n) is 3.53. The molecule has 0 atom stereocenters. The van der Waals surface area contributed by atoms with Gasteiger partial charge in [-0.3, -0.25) is 9.40 Å². The summed E-state index contributed by atoms with van der Waals surface area (Å²) in [6.07, 6.45) is 1.10. The van der Waals surface area contributed by atoms with E-state index in [9.17, 15) is 13.2 Å². The summed E-state index contributed by atoms with van der Waals surface area (Å²) in [7, 11) is -2.11. The maximum atomic E-state index is 11.6. The van der Waals surface area contributed by atoms with Gasteiger partial charge in [-0.15, -0.1) is 0 Å². The van der Waals surface area contributed by atoms with E-state index in [4.69, 9.17) is 5.11 Å². The van der Waals surface area contributed by atoms with Crippen LogP contribution in [-0.2, 0) is 17.1 Å². The number of carboxylic acid groups (broad SMARTS) is 1. The Bertz CT molecular complexity index is 503. The highest BCUT2D eigenvalue weighted by Gasteiger charge is 2.22. The van der Waals surface area contributed by atoms with E-state index in [1.165, 1.54) is 25.6 Å². The van der Waals surface area contributed by atoms with Gasteiger partial charge >= 0.3 is 5.97 Å². The number of nitrogens with one attached hydrogen (secondary N) is 1. The fourth-order valence-corrected chi connectivity index (χ4v) is 1.71. The minimum Gasteiger partial charge on any atom is -0.477 e. The number of nitrogens with zero attached hydrogens (tertiary/aromatic N) is 2. The largest absolute Gasteiger partial charge is 0.477 e. The summed E-state index contributed by atoms with van der Waals surface area (Å²) in [6.45, 7) is 3.00. The van der Waals surface area contributed by atoms with Gasteiger partial charge in [0, 0.05) is 7.05 Å². The highest BCUT2D eigenvalue weighted by Crippen LogP contribution is 2.16. The second-order valence-corrected chi connectivity index (χ2v) is 5.77. The molecule has 0 saturated carbocycles. The first-order chi connectivity index (χ1) is 7.25. The van der Waals surface area contributed by atoms with E-state index in [0.717, 1.165) is 6.20 Å². The van der Waals surface area contributed by atoms with E-state index >= 15 is 0 Å². The molecule has 0 radical (unpaired) electrons. The molecule has 0 fully saturated rings. The van der Waals surface area contributed by atoms with Gasteiger partial charge in [0.2, 0.25) is 10.0 Å². The Morgan fingerprint density at radius 3 is 2.56 bits per heavy atom. The highest BCUT2D eigenvalue weighted by molar-refractivity contribution is 7.93. The number of hydrogen-bond donors (Lipinski definition) is 2. The van der Waals surface area contributed by atoms with Crippen molar-refractivity contribution in [2.45, 2.75) is 19.1 Å². The van der Waals surface area contributed by atoms with Crippen molar-refractivity contribution in [3.63, 3.8) is 0 Å². The molecule has 8 heteroatoms. The van der Waals surface area contributed by atoms with Gasteiger partial charge in [-0.1, -0.05) is 0 Å². The standard InChI is InChI=1S/C8H13N3O4S/c1-5(2)16(14,15)10-7-6(8(12)13)4-9-11(7)3/h4-5,10H,1-3H3,(H,12,13). The van der Waals surface area contributed by atoms with E-state index in [2.05, 4.69) is 9.82 Å². The first kappa shape index (κ1) is 12.5. The van der Waals surface area contributed by atoms with Gasteiger partial charge in [-0.25, -0.2) is 13.2 Å². The van der Waals surface area contributed by atoms with Crippen molar-refractivity contribution < 1.29 is 18.3 Å². The van der Waals surface area contributed by atoms with Crippen molar-refractivity contribution in [1.82, 2.24) is 9.78 Å². The number of carboxylic acids is 1. The van der Waals surface area contributed by atoms with Gasteiger partial charge in [-0.2, -0.15) is 5.10 Å². The number of carbonyl (C=O) groups is 1. The lowest BCUT2D eigenvalue weighted by Crippen LogP contribution is -2.24. The maximum absolute atomic E-state index is 11.6. The molecule has 0 spiro atoms. The summed E-state index contributed by atoms with van der Waals surface area (Å²) in [4.78, 5) is 10.8. The zero-order chi connectivity index (χ0) is 12.5. The average Bonchev–Trinajstić information content (AvgIpc) is 2.47. The van der Waals surface area contributed by atoms with Crippen LogP contribution in [0.4, 0.5) is 5.82 Å². The van der Waals surface area contributed by atoms with Gasteiger partial charge in [0.1, 0.15) is 5.56 Å². The second kappa shape index (κ2) is 4.12. The number of aryl methyl sites for hydroxylation is 1. The maximum Gasteiger partial charge on any atom is 0.341 e. The summed E-state index contributed by atoms with van der Waals surface area (Å²) in [5.74, 6) is -1.27. The summed E-state index contributed by atoms with van der Waals surface area (Å²) in [5, 5.41) is 11.9. The topological polar surface area (TPSA) is 101 Å². The zero-order valence-corrected chi connectivity index (χ0v) is 9.95. The molecular weight excluding hydrogens is 234 g/mol. The first-order valence-corrected chi connectivity index (χ1v) is 6.07. The number of anilines is 1. The molecule has 0 unspecified atom stereocenters. The summed E-state index contributed by atoms with van der Waals surface area (Å²) in [6, 6.07) is 0. The van der Waals surface area contributed by atoms with Crippen LogP contribution in [0.2, 0.25) is 0 Å². The molecule has 90 valence electrons. The Hall–Kier alpha value is -1.57. The Balaban J connectivity index is 3.16. The number of aromatic nitrogens is 2. The molecule has 0 aliphatic heterocycles. The molecule has 1 heterocycles. The van der Waals surface area contributed by atoms with Crippen LogP contribution >= 0.6 is 0 Å². The van der Waals surface area contributed by atoms with Crippen molar-refractivity contribution in [1.29, 1.82) is 0 Å². The Labute approximate surface area is 93.1 Å². The van der Waals surface area contributed by atoms with E-state index in [0.29, 0.717) is 0 Å². The number of rotatable bonds is 4. The molecule has 0 bridgehead atoms. The minimum atomic E-state index is -3.57. The van der Waals surface area contributed by atoms with Crippen LogP contribution in [0.25, 0.3) is 0 Å². The molecule has 0 aromatic carbocycles. The number of hydrogen-bond acceptors (Lipinski definition) is 4. The van der Waals surface area contributed by atoms with Crippen molar-refractivity contribution in [3.05, 3.63) is 11.8 Å². The van der Waals surface area contributed by atoms with Crippen LogP contribution in [0.1, 0.15) is 24.2 Å². The lowest BCUT2D eigenvalue weighted by molar-refractivity contribution is 0.0698. The predicted molar refractivity (Wildman–Crippen MR) is 57.8 cm³/mol. The smallest absolute Gasteiger partial charge is 0.341 e. The van der Waals surface area contributed by atoms with E-state index in [-0.39, 0.29) is 11.4 Å². The molecule has 1 aromatic rings. The Morgan fingerprint density at radius 1 is 1.56 bits per heavy atom. The molecule has 0 aliphatic rings. The van der Waals surface area contributed by atoms with Crippen molar-refractivity contribution >= 4 is 21.8 Å².